The third-order valence-electron chi connectivity index (χ3n) is 5.93. The van der Waals surface area contributed by atoms with Gasteiger partial charge in [0, 0.05) is 41.6 Å². The Morgan fingerprint density at radius 2 is 1.96 bits per heavy atom. The summed E-state index contributed by atoms with van der Waals surface area (Å²) in [5.74, 6) is 0.158. The lowest BCUT2D eigenvalue weighted by Gasteiger charge is -2.25. The zero-order chi connectivity index (χ0) is 18.5. The summed E-state index contributed by atoms with van der Waals surface area (Å²) < 4.78 is 0. The molecule has 3 unspecified atom stereocenters. The first kappa shape index (κ1) is 19.0. The molecule has 1 fully saturated rings. The van der Waals surface area contributed by atoms with Gasteiger partial charge in [-0.25, -0.2) is 0 Å². The molecule has 1 aromatic heterocycles. The summed E-state index contributed by atoms with van der Waals surface area (Å²) >= 11 is 0. The van der Waals surface area contributed by atoms with Crippen LogP contribution in [0, 0.1) is 5.92 Å². The monoisotopic (exact) mass is 355 g/mol. The lowest BCUT2D eigenvalue weighted by atomic mass is 10.00. The highest BCUT2D eigenvalue weighted by atomic mass is 16.1. The number of H-pyrrole nitrogens is 1. The minimum Gasteiger partial charge on any atom is -0.361 e. The minimum atomic E-state index is -0.00664. The van der Waals surface area contributed by atoms with Crippen molar-refractivity contribution in [3.63, 3.8) is 0 Å². The number of benzene rings is 1. The standard InChI is InChI=1S/C22H33N3O/c1-16(14-19-15-24-21-9-5-4-8-20(19)21)22(26)23-12-6-7-13-25-17(2)10-11-18(25)3/h4-5,8-9,15-18,24H,6-7,10-14H2,1-3H3,(H,23,26). The first-order valence-corrected chi connectivity index (χ1v) is 10.1. The summed E-state index contributed by atoms with van der Waals surface area (Å²) in [7, 11) is 0. The van der Waals surface area contributed by atoms with E-state index in [9.17, 15) is 4.79 Å². The molecule has 1 amide bonds. The molecule has 0 aliphatic carbocycles. The first-order valence-electron chi connectivity index (χ1n) is 10.1. The SMILES string of the molecule is CC(Cc1c[nH]c2ccccc12)C(=O)NCCCCN1C(C)CCC1C. The van der Waals surface area contributed by atoms with Crippen LogP contribution in [-0.4, -0.2) is 41.0 Å². The lowest BCUT2D eigenvalue weighted by molar-refractivity contribution is -0.124. The van der Waals surface area contributed by atoms with E-state index in [-0.39, 0.29) is 11.8 Å². The number of carbonyl (C=O) groups is 1. The van der Waals surface area contributed by atoms with Crippen LogP contribution in [0.5, 0.6) is 0 Å². The zero-order valence-electron chi connectivity index (χ0n) is 16.4. The van der Waals surface area contributed by atoms with E-state index in [0.717, 1.165) is 50.0 Å². The number of hydrogen-bond acceptors (Lipinski definition) is 2. The van der Waals surface area contributed by atoms with Gasteiger partial charge in [0.15, 0.2) is 0 Å². The fraction of sp³-hybridized carbons (Fsp3) is 0.591. The number of aromatic nitrogens is 1. The second kappa shape index (κ2) is 8.72. The molecule has 0 radical (unpaired) electrons. The van der Waals surface area contributed by atoms with E-state index in [1.165, 1.54) is 23.8 Å². The van der Waals surface area contributed by atoms with Gasteiger partial charge in [-0.05, 0) is 64.1 Å². The molecule has 2 aromatic rings. The number of unbranched alkanes of at least 4 members (excludes halogenated alkanes) is 1. The lowest BCUT2D eigenvalue weighted by Crippen LogP contribution is -2.34. The van der Waals surface area contributed by atoms with Crippen molar-refractivity contribution in [1.29, 1.82) is 0 Å². The third-order valence-corrected chi connectivity index (χ3v) is 5.93. The summed E-state index contributed by atoms with van der Waals surface area (Å²) in [6, 6.07) is 9.71. The molecule has 1 aromatic carbocycles. The van der Waals surface area contributed by atoms with Crippen molar-refractivity contribution in [2.75, 3.05) is 13.1 Å². The highest BCUT2D eigenvalue weighted by molar-refractivity contribution is 5.84. The van der Waals surface area contributed by atoms with Crippen LogP contribution in [0.15, 0.2) is 30.5 Å². The van der Waals surface area contributed by atoms with Crippen LogP contribution in [0.2, 0.25) is 0 Å². The Morgan fingerprint density at radius 1 is 1.23 bits per heavy atom. The smallest absolute Gasteiger partial charge is 0.223 e. The summed E-state index contributed by atoms with van der Waals surface area (Å²) in [6.07, 6.45) is 7.67. The predicted molar refractivity (Wildman–Crippen MR) is 108 cm³/mol. The number of nitrogens with zero attached hydrogens (tertiary/aromatic N) is 1. The number of amides is 1. The van der Waals surface area contributed by atoms with E-state index in [2.05, 4.69) is 41.2 Å². The van der Waals surface area contributed by atoms with Crippen molar-refractivity contribution in [3.8, 4) is 0 Å². The van der Waals surface area contributed by atoms with Crippen molar-refractivity contribution >= 4 is 16.8 Å². The van der Waals surface area contributed by atoms with E-state index in [4.69, 9.17) is 0 Å². The van der Waals surface area contributed by atoms with Gasteiger partial charge in [-0.3, -0.25) is 9.69 Å². The van der Waals surface area contributed by atoms with Gasteiger partial charge < -0.3 is 10.3 Å². The Labute approximate surface area is 157 Å². The minimum absolute atomic E-state index is 0.00664. The zero-order valence-corrected chi connectivity index (χ0v) is 16.4. The molecular formula is C22H33N3O. The Morgan fingerprint density at radius 3 is 2.73 bits per heavy atom. The molecular weight excluding hydrogens is 322 g/mol. The van der Waals surface area contributed by atoms with E-state index in [1.807, 2.05) is 25.3 Å². The molecule has 0 saturated carbocycles. The highest BCUT2D eigenvalue weighted by Crippen LogP contribution is 2.23. The Balaban J connectivity index is 1.38. The molecule has 2 heterocycles. The van der Waals surface area contributed by atoms with Crippen LogP contribution < -0.4 is 5.32 Å². The second-order valence-corrected chi connectivity index (χ2v) is 7.98. The van der Waals surface area contributed by atoms with Crippen LogP contribution in [0.1, 0.15) is 52.0 Å². The van der Waals surface area contributed by atoms with Gasteiger partial charge in [-0.2, -0.15) is 0 Å². The van der Waals surface area contributed by atoms with Crippen molar-refractivity contribution in [2.45, 2.75) is 65.0 Å². The van der Waals surface area contributed by atoms with Crippen molar-refractivity contribution < 1.29 is 4.79 Å². The summed E-state index contributed by atoms with van der Waals surface area (Å²) in [6.45, 7) is 8.62. The molecule has 4 nitrogen and oxygen atoms in total. The molecule has 142 valence electrons. The van der Waals surface area contributed by atoms with Gasteiger partial charge in [0.1, 0.15) is 0 Å². The van der Waals surface area contributed by atoms with Crippen LogP contribution in [0.4, 0.5) is 0 Å². The fourth-order valence-corrected chi connectivity index (χ4v) is 4.22. The molecule has 3 atom stereocenters. The topological polar surface area (TPSA) is 48.1 Å². The van der Waals surface area contributed by atoms with Gasteiger partial charge >= 0.3 is 0 Å². The maximum Gasteiger partial charge on any atom is 0.223 e. The average Bonchev–Trinajstić information content (AvgIpc) is 3.19. The van der Waals surface area contributed by atoms with Gasteiger partial charge in [0.25, 0.3) is 0 Å². The van der Waals surface area contributed by atoms with Gasteiger partial charge in [0.05, 0.1) is 0 Å². The van der Waals surface area contributed by atoms with E-state index < -0.39 is 0 Å². The summed E-state index contributed by atoms with van der Waals surface area (Å²) in [5, 5.41) is 4.35. The number of rotatable bonds is 8. The molecule has 1 aliphatic heterocycles. The van der Waals surface area contributed by atoms with Gasteiger partial charge in [-0.15, -0.1) is 0 Å². The molecule has 2 N–H and O–H groups in total. The quantitative estimate of drug-likeness (QED) is 0.700. The summed E-state index contributed by atoms with van der Waals surface area (Å²) in [4.78, 5) is 18.3. The molecule has 4 heteroatoms. The average molecular weight is 356 g/mol. The Bertz CT molecular complexity index is 713. The maximum absolute atomic E-state index is 12.4. The largest absolute Gasteiger partial charge is 0.361 e. The van der Waals surface area contributed by atoms with Crippen LogP contribution >= 0.6 is 0 Å². The first-order chi connectivity index (χ1) is 12.6. The van der Waals surface area contributed by atoms with Crippen molar-refractivity contribution in [2.24, 2.45) is 5.92 Å². The predicted octanol–water partition coefficient (Wildman–Crippen LogP) is 4.12. The highest BCUT2D eigenvalue weighted by Gasteiger charge is 2.26. The molecule has 0 spiro atoms. The van der Waals surface area contributed by atoms with Crippen molar-refractivity contribution in [1.82, 2.24) is 15.2 Å². The molecule has 1 aliphatic rings. The number of nitrogens with one attached hydrogen (secondary N) is 2. The number of carbonyl (C=O) groups excluding carboxylic acids is 1. The second-order valence-electron chi connectivity index (χ2n) is 7.98. The molecule has 3 rings (SSSR count). The van der Waals surface area contributed by atoms with E-state index in [1.54, 1.807) is 0 Å². The van der Waals surface area contributed by atoms with E-state index >= 15 is 0 Å². The number of aromatic amines is 1. The number of para-hydroxylation sites is 1. The van der Waals surface area contributed by atoms with Crippen LogP contribution in [0.3, 0.4) is 0 Å². The van der Waals surface area contributed by atoms with E-state index in [0.29, 0.717) is 0 Å². The summed E-state index contributed by atoms with van der Waals surface area (Å²) in [5.41, 5.74) is 2.36. The number of likely N-dealkylation sites (tertiary alicyclic amines) is 1. The molecule has 1 saturated heterocycles. The Kier molecular flexibility index (Phi) is 6.36. The van der Waals surface area contributed by atoms with Gasteiger partial charge in [-0.1, -0.05) is 25.1 Å². The maximum atomic E-state index is 12.4. The number of hydrogen-bond donors (Lipinski definition) is 2. The van der Waals surface area contributed by atoms with Gasteiger partial charge in [0.2, 0.25) is 5.91 Å². The fourth-order valence-electron chi connectivity index (χ4n) is 4.22. The molecule has 0 bridgehead atoms. The molecule has 26 heavy (non-hydrogen) atoms. The number of fused-ring (bicyclic) bond motifs is 1. The third kappa shape index (κ3) is 4.47. The van der Waals surface area contributed by atoms with Crippen LogP contribution in [-0.2, 0) is 11.2 Å². The Hall–Kier alpha value is -1.81. The normalized spacial score (nSPS) is 22.0. The van der Waals surface area contributed by atoms with Crippen molar-refractivity contribution in [3.05, 3.63) is 36.0 Å². The van der Waals surface area contributed by atoms with Crippen LogP contribution in [0.25, 0.3) is 10.9 Å².